The molecule has 1 saturated heterocycles. The van der Waals surface area contributed by atoms with Crippen molar-refractivity contribution in [1.29, 1.82) is 0 Å². The summed E-state index contributed by atoms with van der Waals surface area (Å²) in [6.07, 6.45) is 2.25. The molecule has 18 heavy (non-hydrogen) atoms. The zero-order chi connectivity index (χ0) is 13.1. The van der Waals surface area contributed by atoms with E-state index < -0.39 is 12.1 Å². The molecular weight excluding hydrogens is 234 g/mol. The van der Waals surface area contributed by atoms with Gasteiger partial charge in [-0.2, -0.15) is 5.10 Å². The third kappa shape index (κ3) is 2.69. The third-order valence-corrected chi connectivity index (χ3v) is 3.18. The normalized spacial score (nSPS) is 23.4. The zero-order valence-electron chi connectivity index (χ0n) is 10.8. The van der Waals surface area contributed by atoms with E-state index in [0.29, 0.717) is 13.0 Å². The van der Waals surface area contributed by atoms with Crippen LogP contribution in [0.25, 0.3) is 0 Å². The summed E-state index contributed by atoms with van der Waals surface area (Å²) >= 11 is 0. The van der Waals surface area contributed by atoms with Crippen molar-refractivity contribution < 1.29 is 14.6 Å². The van der Waals surface area contributed by atoms with E-state index in [4.69, 9.17) is 9.84 Å². The lowest BCUT2D eigenvalue weighted by Gasteiger charge is -2.12. The second kappa shape index (κ2) is 5.48. The van der Waals surface area contributed by atoms with E-state index in [1.165, 1.54) is 0 Å². The molecule has 0 aliphatic carbocycles. The van der Waals surface area contributed by atoms with Gasteiger partial charge >= 0.3 is 5.97 Å². The highest BCUT2D eigenvalue weighted by Crippen LogP contribution is 2.21. The largest absolute Gasteiger partial charge is 0.479 e. The molecule has 2 rings (SSSR count). The molecule has 1 aromatic rings. The zero-order valence-corrected chi connectivity index (χ0v) is 10.8. The van der Waals surface area contributed by atoms with Crippen LogP contribution < -0.4 is 0 Å². The number of ether oxygens (including phenoxy) is 1. The molecule has 6 nitrogen and oxygen atoms in total. The van der Waals surface area contributed by atoms with E-state index in [-0.39, 0.29) is 6.10 Å². The monoisotopic (exact) mass is 253 g/mol. The number of hydrogen-bond donors (Lipinski definition) is 1. The first-order valence-corrected chi connectivity index (χ1v) is 6.44. The van der Waals surface area contributed by atoms with E-state index in [1.54, 1.807) is 0 Å². The fourth-order valence-corrected chi connectivity index (χ4v) is 2.20. The van der Waals surface area contributed by atoms with Crippen LogP contribution in [0, 0.1) is 0 Å². The number of aryl methyl sites for hydroxylation is 2. The molecule has 1 aromatic heterocycles. The van der Waals surface area contributed by atoms with Crippen molar-refractivity contribution in [3.8, 4) is 0 Å². The fourth-order valence-electron chi connectivity index (χ4n) is 2.20. The summed E-state index contributed by atoms with van der Waals surface area (Å²) in [5.41, 5.74) is 0. The summed E-state index contributed by atoms with van der Waals surface area (Å²) in [7, 11) is 0. The average molecular weight is 253 g/mol. The van der Waals surface area contributed by atoms with Crippen LogP contribution in [0.15, 0.2) is 0 Å². The van der Waals surface area contributed by atoms with Gasteiger partial charge in [0.1, 0.15) is 5.82 Å². The lowest BCUT2D eigenvalue weighted by atomic mass is 10.2. The van der Waals surface area contributed by atoms with E-state index in [1.807, 2.05) is 18.5 Å². The van der Waals surface area contributed by atoms with Crippen molar-refractivity contribution in [1.82, 2.24) is 14.8 Å². The molecule has 1 aliphatic rings. The molecule has 1 fully saturated rings. The van der Waals surface area contributed by atoms with Crippen LogP contribution in [0.3, 0.4) is 0 Å². The Labute approximate surface area is 106 Å². The summed E-state index contributed by atoms with van der Waals surface area (Å²) in [4.78, 5) is 15.2. The highest BCUT2D eigenvalue weighted by atomic mass is 16.5. The number of aliphatic carboxylic acids is 1. The SMILES string of the molecule is CCc1nc(CC)n(CC2CCC(C(=O)O)O2)n1. The first kappa shape index (κ1) is 13.0. The molecule has 0 aromatic carbocycles. The summed E-state index contributed by atoms with van der Waals surface area (Å²) in [5, 5.41) is 13.3. The standard InChI is InChI=1S/C12H19N3O3/c1-3-10-13-11(4-2)15(14-10)7-8-5-6-9(18-8)12(16)17/h8-9H,3-7H2,1-2H3,(H,16,17). The van der Waals surface area contributed by atoms with Crippen LogP contribution in [0.5, 0.6) is 0 Å². The predicted octanol–water partition coefficient (Wildman–Crippen LogP) is 1.04. The quantitative estimate of drug-likeness (QED) is 0.848. The first-order chi connectivity index (χ1) is 8.63. The Bertz CT molecular complexity index is 430. The Kier molecular flexibility index (Phi) is 3.96. The number of hydrogen-bond acceptors (Lipinski definition) is 4. The molecule has 2 heterocycles. The average Bonchev–Trinajstić information content (AvgIpc) is 2.96. The lowest BCUT2D eigenvalue weighted by Crippen LogP contribution is -2.23. The summed E-state index contributed by atoms with van der Waals surface area (Å²) in [5.74, 6) is 0.898. The number of carboxylic acid groups (broad SMARTS) is 1. The van der Waals surface area contributed by atoms with Gasteiger partial charge in [-0.3, -0.25) is 0 Å². The van der Waals surface area contributed by atoms with Crippen molar-refractivity contribution in [3.05, 3.63) is 11.6 Å². The van der Waals surface area contributed by atoms with Crippen molar-refractivity contribution in [2.45, 2.75) is 58.3 Å². The number of nitrogens with zero attached hydrogens (tertiary/aromatic N) is 3. The van der Waals surface area contributed by atoms with Gasteiger partial charge in [-0.1, -0.05) is 13.8 Å². The molecule has 1 aliphatic heterocycles. The minimum atomic E-state index is -0.874. The maximum Gasteiger partial charge on any atom is 0.332 e. The van der Waals surface area contributed by atoms with E-state index >= 15 is 0 Å². The van der Waals surface area contributed by atoms with Gasteiger partial charge in [0.15, 0.2) is 11.9 Å². The number of carbonyl (C=O) groups is 1. The molecule has 100 valence electrons. The van der Waals surface area contributed by atoms with Crippen LogP contribution in [0.2, 0.25) is 0 Å². The summed E-state index contributed by atoms with van der Waals surface area (Å²) in [6, 6.07) is 0. The van der Waals surface area contributed by atoms with E-state index in [2.05, 4.69) is 10.1 Å². The van der Waals surface area contributed by atoms with Crippen LogP contribution in [-0.4, -0.2) is 38.0 Å². The Hall–Kier alpha value is -1.43. The van der Waals surface area contributed by atoms with Gasteiger partial charge in [0.25, 0.3) is 0 Å². The smallest absolute Gasteiger partial charge is 0.332 e. The van der Waals surface area contributed by atoms with Gasteiger partial charge in [-0.05, 0) is 12.8 Å². The van der Waals surface area contributed by atoms with Crippen molar-refractivity contribution in [2.24, 2.45) is 0 Å². The Balaban J connectivity index is 2.01. The topological polar surface area (TPSA) is 77.2 Å². The Morgan fingerprint density at radius 1 is 1.44 bits per heavy atom. The van der Waals surface area contributed by atoms with Crippen molar-refractivity contribution >= 4 is 5.97 Å². The molecule has 0 amide bonds. The second-order valence-electron chi connectivity index (χ2n) is 4.50. The summed E-state index contributed by atoms with van der Waals surface area (Å²) < 4.78 is 7.34. The van der Waals surface area contributed by atoms with Crippen LogP contribution in [0.1, 0.15) is 38.3 Å². The van der Waals surface area contributed by atoms with Crippen molar-refractivity contribution in [2.75, 3.05) is 0 Å². The van der Waals surface area contributed by atoms with Crippen LogP contribution in [0.4, 0.5) is 0 Å². The third-order valence-electron chi connectivity index (χ3n) is 3.18. The predicted molar refractivity (Wildman–Crippen MR) is 64.3 cm³/mol. The lowest BCUT2D eigenvalue weighted by molar-refractivity contribution is -0.149. The van der Waals surface area contributed by atoms with Gasteiger partial charge in [-0.25, -0.2) is 14.5 Å². The van der Waals surface area contributed by atoms with Crippen LogP contribution >= 0.6 is 0 Å². The fraction of sp³-hybridized carbons (Fsp3) is 0.750. The molecule has 0 bridgehead atoms. The van der Waals surface area contributed by atoms with E-state index in [9.17, 15) is 4.79 Å². The number of carboxylic acids is 1. The van der Waals surface area contributed by atoms with Gasteiger partial charge in [0.05, 0.1) is 12.6 Å². The molecule has 0 saturated carbocycles. The maximum absolute atomic E-state index is 10.8. The summed E-state index contributed by atoms with van der Waals surface area (Å²) in [6.45, 7) is 4.65. The van der Waals surface area contributed by atoms with Gasteiger partial charge in [-0.15, -0.1) is 0 Å². The van der Waals surface area contributed by atoms with Gasteiger partial charge in [0.2, 0.25) is 0 Å². The Morgan fingerprint density at radius 2 is 2.22 bits per heavy atom. The second-order valence-corrected chi connectivity index (χ2v) is 4.50. The van der Waals surface area contributed by atoms with Gasteiger partial charge < -0.3 is 9.84 Å². The van der Waals surface area contributed by atoms with Crippen LogP contribution in [-0.2, 0) is 28.9 Å². The minimum Gasteiger partial charge on any atom is -0.479 e. The highest BCUT2D eigenvalue weighted by molar-refractivity contribution is 5.72. The molecule has 6 heteroatoms. The molecule has 2 unspecified atom stereocenters. The molecule has 0 radical (unpaired) electrons. The van der Waals surface area contributed by atoms with Crippen molar-refractivity contribution in [3.63, 3.8) is 0 Å². The molecule has 1 N–H and O–H groups in total. The molecule has 2 atom stereocenters. The minimum absolute atomic E-state index is 0.0668. The number of aromatic nitrogens is 3. The van der Waals surface area contributed by atoms with Gasteiger partial charge in [0, 0.05) is 12.8 Å². The number of rotatable bonds is 5. The maximum atomic E-state index is 10.8. The first-order valence-electron chi connectivity index (χ1n) is 6.44. The van der Waals surface area contributed by atoms with E-state index in [0.717, 1.165) is 30.9 Å². The highest BCUT2D eigenvalue weighted by Gasteiger charge is 2.31. The Morgan fingerprint density at radius 3 is 2.78 bits per heavy atom. The molecular formula is C12H19N3O3. The molecule has 0 spiro atoms.